The maximum absolute atomic E-state index is 12.9. The van der Waals surface area contributed by atoms with E-state index in [9.17, 15) is 13.2 Å². The summed E-state index contributed by atoms with van der Waals surface area (Å²) in [5.41, 5.74) is 1.33. The van der Waals surface area contributed by atoms with E-state index < -0.39 is 10.0 Å². The van der Waals surface area contributed by atoms with Crippen LogP contribution in [0.25, 0.3) is 11.5 Å². The van der Waals surface area contributed by atoms with Crippen LogP contribution in [0.1, 0.15) is 18.4 Å². The Kier molecular flexibility index (Phi) is 5.15. The Morgan fingerprint density at radius 2 is 1.79 bits per heavy atom. The molecule has 4 rings (SSSR count). The molecular weight excluding hydrogens is 378 g/mol. The van der Waals surface area contributed by atoms with Crippen molar-refractivity contribution < 1.29 is 12.8 Å². The first-order valence-corrected chi connectivity index (χ1v) is 10.7. The summed E-state index contributed by atoms with van der Waals surface area (Å²) in [5.74, 6) is 0.778. The normalized spacial score (nSPS) is 16.3. The van der Waals surface area contributed by atoms with E-state index in [4.69, 9.17) is 4.42 Å². The molecule has 1 aromatic carbocycles. The molecule has 146 valence electrons. The number of aromatic nitrogens is 2. The third-order valence-electron chi connectivity index (χ3n) is 5.05. The second kappa shape index (κ2) is 7.73. The quantitative estimate of drug-likeness (QED) is 0.712. The number of H-pyrrole nitrogens is 1. The monoisotopic (exact) mass is 399 g/mol. The molecule has 1 saturated heterocycles. The van der Waals surface area contributed by atoms with Crippen molar-refractivity contribution in [2.24, 2.45) is 5.92 Å². The molecule has 0 amide bonds. The summed E-state index contributed by atoms with van der Waals surface area (Å²) in [6.45, 7) is 0.958. The fraction of sp³-hybridized carbons (Fsp3) is 0.300. The zero-order chi connectivity index (χ0) is 19.6. The van der Waals surface area contributed by atoms with Crippen molar-refractivity contribution in [2.75, 3.05) is 13.1 Å². The lowest BCUT2D eigenvalue weighted by atomic mass is 9.91. The largest absolute Gasteiger partial charge is 0.442 e. The van der Waals surface area contributed by atoms with Gasteiger partial charge in [-0.05, 0) is 48.9 Å². The minimum Gasteiger partial charge on any atom is -0.442 e. The van der Waals surface area contributed by atoms with Gasteiger partial charge in [-0.2, -0.15) is 9.40 Å². The molecule has 0 unspecified atom stereocenters. The second-order valence-corrected chi connectivity index (χ2v) is 8.83. The molecular formula is C20H21N3O4S. The Morgan fingerprint density at radius 3 is 2.46 bits per heavy atom. The highest BCUT2D eigenvalue weighted by atomic mass is 32.2. The molecule has 0 bridgehead atoms. The van der Waals surface area contributed by atoms with E-state index in [2.05, 4.69) is 22.3 Å². The van der Waals surface area contributed by atoms with Crippen molar-refractivity contribution in [3.8, 4) is 11.5 Å². The van der Waals surface area contributed by atoms with Crippen LogP contribution in [0.5, 0.6) is 0 Å². The van der Waals surface area contributed by atoms with E-state index in [1.54, 1.807) is 6.07 Å². The van der Waals surface area contributed by atoms with Crippen LogP contribution in [0.4, 0.5) is 0 Å². The van der Waals surface area contributed by atoms with Crippen LogP contribution in [-0.2, 0) is 16.4 Å². The van der Waals surface area contributed by atoms with Gasteiger partial charge < -0.3 is 4.42 Å². The molecule has 3 heterocycles. The molecule has 1 aliphatic heterocycles. The number of hydrogen-bond acceptors (Lipinski definition) is 5. The van der Waals surface area contributed by atoms with Gasteiger partial charge in [0.2, 0.25) is 5.09 Å². The van der Waals surface area contributed by atoms with Crippen molar-refractivity contribution in [1.82, 2.24) is 14.5 Å². The molecule has 0 atom stereocenters. The Balaban J connectivity index is 1.43. The fourth-order valence-electron chi connectivity index (χ4n) is 3.51. The van der Waals surface area contributed by atoms with Crippen LogP contribution in [0.2, 0.25) is 0 Å². The minimum atomic E-state index is -3.69. The summed E-state index contributed by atoms with van der Waals surface area (Å²) in [4.78, 5) is 11.1. The van der Waals surface area contributed by atoms with Crippen molar-refractivity contribution in [1.29, 1.82) is 0 Å². The van der Waals surface area contributed by atoms with Crippen LogP contribution < -0.4 is 5.56 Å². The lowest BCUT2D eigenvalue weighted by Gasteiger charge is -2.30. The van der Waals surface area contributed by atoms with Crippen LogP contribution in [0, 0.1) is 5.92 Å². The molecule has 1 N–H and O–H groups in total. The smallest absolute Gasteiger partial charge is 0.276 e. The predicted octanol–water partition coefficient (Wildman–Crippen LogP) is 2.67. The minimum absolute atomic E-state index is 0.1000. The number of benzene rings is 1. The third-order valence-corrected chi connectivity index (χ3v) is 6.82. The number of furan rings is 1. The molecule has 1 aliphatic rings. The van der Waals surface area contributed by atoms with Gasteiger partial charge in [0.05, 0.1) is 0 Å². The first-order chi connectivity index (χ1) is 13.5. The van der Waals surface area contributed by atoms with Gasteiger partial charge in [-0.1, -0.05) is 30.3 Å². The molecule has 0 radical (unpaired) electrons. The van der Waals surface area contributed by atoms with Crippen molar-refractivity contribution >= 4 is 10.0 Å². The predicted molar refractivity (Wildman–Crippen MR) is 104 cm³/mol. The van der Waals surface area contributed by atoms with Crippen molar-refractivity contribution in [2.45, 2.75) is 24.4 Å². The average Bonchev–Trinajstić information content (AvgIpc) is 3.21. The lowest BCUT2D eigenvalue weighted by molar-refractivity contribution is 0.267. The van der Waals surface area contributed by atoms with Crippen LogP contribution >= 0.6 is 0 Å². The molecule has 7 nitrogen and oxygen atoms in total. The van der Waals surface area contributed by atoms with E-state index in [1.807, 2.05) is 18.2 Å². The van der Waals surface area contributed by atoms with Crippen LogP contribution in [0.3, 0.4) is 0 Å². The van der Waals surface area contributed by atoms with Crippen molar-refractivity contribution in [3.63, 3.8) is 0 Å². The van der Waals surface area contributed by atoms with Crippen molar-refractivity contribution in [3.05, 3.63) is 70.5 Å². The number of aromatic amines is 1. The Morgan fingerprint density at radius 1 is 1.04 bits per heavy atom. The van der Waals surface area contributed by atoms with Gasteiger partial charge in [-0.25, -0.2) is 13.5 Å². The first kappa shape index (κ1) is 18.6. The van der Waals surface area contributed by atoms with Gasteiger partial charge in [0, 0.05) is 19.2 Å². The van der Waals surface area contributed by atoms with Crippen LogP contribution in [0.15, 0.2) is 68.9 Å². The van der Waals surface area contributed by atoms with Gasteiger partial charge in [0.15, 0.2) is 5.76 Å². The van der Waals surface area contributed by atoms with Gasteiger partial charge >= 0.3 is 0 Å². The molecule has 0 aliphatic carbocycles. The summed E-state index contributed by atoms with van der Waals surface area (Å²) in [7, 11) is -3.69. The standard InChI is InChI=1S/C20H21N3O4S/c24-19-8-6-17(21-22-19)18-7-9-20(27-18)28(25,26)23-12-10-16(11-13-23)14-15-4-2-1-3-5-15/h1-9,16H,10-14H2,(H,22,24). The highest BCUT2D eigenvalue weighted by Crippen LogP contribution is 2.28. The average molecular weight is 399 g/mol. The van der Waals surface area contributed by atoms with E-state index in [0.29, 0.717) is 30.5 Å². The van der Waals surface area contributed by atoms with Crippen LogP contribution in [-0.4, -0.2) is 36.0 Å². The Bertz CT molecular complexity index is 1080. The number of nitrogens with one attached hydrogen (secondary N) is 1. The van der Waals surface area contributed by atoms with E-state index in [-0.39, 0.29) is 10.7 Å². The van der Waals surface area contributed by atoms with Gasteiger partial charge in [0.1, 0.15) is 5.69 Å². The number of rotatable bonds is 5. The summed E-state index contributed by atoms with van der Waals surface area (Å²) in [5, 5.41) is 6.08. The Hall–Kier alpha value is -2.71. The van der Waals surface area contributed by atoms with E-state index >= 15 is 0 Å². The van der Waals surface area contributed by atoms with Gasteiger partial charge in [-0.3, -0.25) is 4.79 Å². The fourth-order valence-corrected chi connectivity index (χ4v) is 4.89. The number of nitrogens with zero attached hydrogens (tertiary/aromatic N) is 2. The van der Waals surface area contributed by atoms with E-state index in [0.717, 1.165) is 19.3 Å². The maximum atomic E-state index is 12.9. The van der Waals surface area contributed by atoms with Gasteiger partial charge in [0.25, 0.3) is 15.6 Å². The lowest BCUT2D eigenvalue weighted by Crippen LogP contribution is -2.38. The van der Waals surface area contributed by atoms with E-state index in [1.165, 1.54) is 28.1 Å². The molecule has 1 fully saturated rings. The highest BCUT2D eigenvalue weighted by molar-refractivity contribution is 7.89. The summed E-state index contributed by atoms with van der Waals surface area (Å²) < 4.78 is 32.8. The Labute approximate surface area is 163 Å². The molecule has 0 saturated carbocycles. The molecule has 3 aromatic rings. The second-order valence-electron chi connectivity index (χ2n) is 6.96. The molecule has 2 aromatic heterocycles. The summed E-state index contributed by atoms with van der Waals surface area (Å²) >= 11 is 0. The van der Waals surface area contributed by atoms with Gasteiger partial charge in [-0.15, -0.1) is 0 Å². The highest BCUT2D eigenvalue weighted by Gasteiger charge is 2.31. The maximum Gasteiger partial charge on any atom is 0.276 e. The summed E-state index contributed by atoms with van der Waals surface area (Å²) in [6.07, 6.45) is 2.61. The topological polar surface area (TPSA) is 96.3 Å². The molecule has 28 heavy (non-hydrogen) atoms. The number of piperidine rings is 1. The number of hydrogen-bond donors (Lipinski definition) is 1. The zero-order valence-electron chi connectivity index (χ0n) is 15.2. The number of sulfonamides is 1. The molecule has 0 spiro atoms. The summed E-state index contributed by atoms with van der Waals surface area (Å²) in [6, 6.07) is 16.1. The first-order valence-electron chi connectivity index (χ1n) is 9.22. The zero-order valence-corrected chi connectivity index (χ0v) is 16.1. The third kappa shape index (κ3) is 3.93. The SMILES string of the molecule is O=c1ccc(-c2ccc(S(=O)(=O)N3CCC(Cc4ccccc4)CC3)o2)n[nH]1. The molecule has 8 heteroatoms.